The van der Waals surface area contributed by atoms with Crippen LogP contribution < -0.4 is 5.32 Å². The smallest absolute Gasteiger partial charge is 0.257 e. The second kappa shape index (κ2) is 6.18. The zero-order valence-electron chi connectivity index (χ0n) is 9.45. The van der Waals surface area contributed by atoms with Crippen molar-refractivity contribution in [2.24, 2.45) is 0 Å². The van der Waals surface area contributed by atoms with E-state index in [0.29, 0.717) is 26.2 Å². The highest BCUT2D eigenvalue weighted by atomic mass is 79.9. The van der Waals surface area contributed by atoms with Crippen molar-refractivity contribution in [3.63, 3.8) is 0 Å². The third kappa shape index (κ3) is 3.66. The molecule has 98 valence electrons. The third-order valence-corrected chi connectivity index (χ3v) is 3.91. The number of rotatable bonds is 2. The number of carbonyl (C=O) groups is 1. The molecule has 0 bridgehead atoms. The number of nitrogens with one attached hydrogen (secondary N) is 1. The Morgan fingerprint density at radius 1 is 1.16 bits per heavy atom. The first-order valence-corrected chi connectivity index (χ1v) is 7.22. The molecule has 0 aliphatic carbocycles. The highest BCUT2D eigenvalue weighted by Gasteiger charge is 2.12. The molecule has 0 atom stereocenters. The molecule has 2 aromatic rings. The summed E-state index contributed by atoms with van der Waals surface area (Å²) >= 11 is 19.4. The van der Waals surface area contributed by atoms with Gasteiger partial charge in [0.05, 0.1) is 16.3 Å². The van der Waals surface area contributed by atoms with Crippen molar-refractivity contribution >= 4 is 63.4 Å². The van der Waals surface area contributed by atoms with E-state index in [1.807, 2.05) is 0 Å². The summed E-state index contributed by atoms with van der Waals surface area (Å²) in [5.41, 5.74) is 0.944. The molecule has 0 radical (unpaired) electrons. The minimum absolute atomic E-state index is 0.316. The van der Waals surface area contributed by atoms with E-state index in [9.17, 15) is 4.79 Å². The molecule has 19 heavy (non-hydrogen) atoms. The summed E-state index contributed by atoms with van der Waals surface area (Å²) in [7, 11) is 0. The van der Waals surface area contributed by atoms with Crippen LogP contribution in [0.4, 0.5) is 5.69 Å². The first kappa shape index (κ1) is 14.7. The fourth-order valence-corrected chi connectivity index (χ4v) is 2.40. The molecule has 0 unspecified atom stereocenters. The number of halogens is 3. The second-order valence-corrected chi connectivity index (χ2v) is 5.96. The van der Waals surface area contributed by atoms with Crippen molar-refractivity contribution in [1.29, 1.82) is 0 Å². The normalized spacial score (nSPS) is 10.3. The van der Waals surface area contributed by atoms with Crippen LogP contribution in [-0.4, -0.2) is 5.91 Å². The van der Waals surface area contributed by atoms with Gasteiger partial charge in [-0.25, -0.2) is 0 Å². The Bertz CT molecular complexity index is 649. The van der Waals surface area contributed by atoms with Crippen molar-refractivity contribution < 1.29 is 4.79 Å². The van der Waals surface area contributed by atoms with Crippen LogP contribution in [0.1, 0.15) is 10.4 Å². The molecule has 0 aliphatic heterocycles. The number of anilines is 1. The van der Waals surface area contributed by atoms with Crippen LogP contribution in [-0.2, 0) is 0 Å². The first-order chi connectivity index (χ1) is 8.97. The summed E-state index contributed by atoms with van der Waals surface area (Å²) in [6, 6.07) is 10.1. The quantitative estimate of drug-likeness (QED) is 0.684. The zero-order chi connectivity index (χ0) is 14.0. The lowest BCUT2D eigenvalue weighted by Gasteiger charge is -2.09. The van der Waals surface area contributed by atoms with E-state index in [4.69, 9.17) is 23.2 Å². The summed E-state index contributed by atoms with van der Waals surface area (Å²) in [6.07, 6.45) is 0. The van der Waals surface area contributed by atoms with Crippen LogP contribution in [0.25, 0.3) is 0 Å². The van der Waals surface area contributed by atoms with Gasteiger partial charge in [0.1, 0.15) is 0 Å². The lowest BCUT2D eigenvalue weighted by molar-refractivity contribution is 0.102. The molecular formula is C13H8BrCl2NOS. The minimum atomic E-state index is -0.316. The Kier molecular flexibility index (Phi) is 4.79. The van der Waals surface area contributed by atoms with E-state index >= 15 is 0 Å². The lowest BCUT2D eigenvalue weighted by atomic mass is 10.2. The van der Waals surface area contributed by atoms with Gasteiger partial charge in [0.25, 0.3) is 5.91 Å². The van der Waals surface area contributed by atoms with Crippen LogP contribution in [0.2, 0.25) is 10.0 Å². The van der Waals surface area contributed by atoms with Gasteiger partial charge < -0.3 is 5.32 Å². The van der Waals surface area contributed by atoms with Gasteiger partial charge in [-0.2, -0.15) is 0 Å². The first-order valence-electron chi connectivity index (χ1n) is 5.22. The molecule has 0 aliphatic rings. The Balaban J connectivity index is 2.30. The molecule has 0 fully saturated rings. The molecule has 0 saturated heterocycles. The highest BCUT2D eigenvalue weighted by Crippen LogP contribution is 2.27. The van der Waals surface area contributed by atoms with E-state index in [1.54, 1.807) is 36.4 Å². The molecule has 0 aromatic heterocycles. The van der Waals surface area contributed by atoms with Crippen LogP contribution in [0.5, 0.6) is 0 Å². The van der Waals surface area contributed by atoms with Crippen molar-refractivity contribution in [1.82, 2.24) is 0 Å². The summed E-state index contributed by atoms with van der Waals surface area (Å²) in [4.78, 5) is 12.8. The second-order valence-electron chi connectivity index (χ2n) is 3.74. The van der Waals surface area contributed by atoms with Crippen molar-refractivity contribution in [3.8, 4) is 0 Å². The lowest BCUT2D eigenvalue weighted by Crippen LogP contribution is -2.13. The Labute approximate surface area is 134 Å². The maximum atomic E-state index is 12.2. The Hall–Kier alpha value is -0.680. The van der Waals surface area contributed by atoms with Gasteiger partial charge in [-0.15, -0.1) is 12.6 Å². The molecule has 1 N–H and O–H groups in total. The third-order valence-electron chi connectivity index (χ3n) is 2.37. The van der Waals surface area contributed by atoms with Gasteiger partial charge in [0.2, 0.25) is 0 Å². The summed E-state index contributed by atoms with van der Waals surface area (Å²) < 4.78 is 0.739. The molecule has 2 aromatic carbocycles. The molecular weight excluding hydrogens is 369 g/mol. The molecule has 2 nitrogen and oxygen atoms in total. The van der Waals surface area contributed by atoms with E-state index in [0.717, 1.165) is 4.47 Å². The van der Waals surface area contributed by atoms with Gasteiger partial charge in [-0.3, -0.25) is 4.79 Å². The van der Waals surface area contributed by atoms with Gasteiger partial charge >= 0.3 is 0 Å². The SMILES string of the molecule is O=C(Nc1cc(Cl)ccc1Br)c1cc(S)ccc1Cl. The predicted molar refractivity (Wildman–Crippen MR) is 85.8 cm³/mol. The average molecular weight is 377 g/mol. The summed E-state index contributed by atoms with van der Waals surface area (Å²) in [6.45, 7) is 0. The van der Waals surface area contributed by atoms with E-state index < -0.39 is 0 Å². The van der Waals surface area contributed by atoms with Gasteiger partial charge in [0, 0.05) is 14.4 Å². The number of hydrogen-bond donors (Lipinski definition) is 2. The van der Waals surface area contributed by atoms with Crippen LogP contribution in [0, 0.1) is 0 Å². The number of benzene rings is 2. The number of hydrogen-bond acceptors (Lipinski definition) is 2. The minimum Gasteiger partial charge on any atom is -0.321 e. The topological polar surface area (TPSA) is 29.1 Å². The fourth-order valence-electron chi connectivity index (χ4n) is 1.47. The van der Waals surface area contributed by atoms with Crippen LogP contribution in [0.15, 0.2) is 45.8 Å². The van der Waals surface area contributed by atoms with E-state index in [2.05, 4.69) is 33.9 Å². The average Bonchev–Trinajstić information content (AvgIpc) is 2.36. The van der Waals surface area contributed by atoms with Gasteiger partial charge in [-0.1, -0.05) is 23.2 Å². The van der Waals surface area contributed by atoms with Crippen LogP contribution in [0.3, 0.4) is 0 Å². The Morgan fingerprint density at radius 2 is 1.89 bits per heavy atom. The van der Waals surface area contributed by atoms with Crippen LogP contribution >= 0.6 is 51.8 Å². The zero-order valence-corrected chi connectivity index (χ0v) is 13.4. The van der Waals surface area contributed by atoms with Gasteiger partial charge in [-0.05, 0) is 52.3 Å². The number of thiol groups is 1. The predicted octanol–water partition coefficient (Wildman–Crippen LogP) is 5.30. The van der Waals surface area contributed by atoms with E-state index in [1.165, 1.54) is 0 Å². The Morgan fingerprint density at radius 3 is 2.63 bits per heavy atom. The molecule has 0 heterocycles. The maximum absolute atomic E-state index is 12.2. The van der Waals surface area contributed by atoms with Crippen molar-refractivity contribution in [2.45, 2.75) is 4.90 Å². The molecule has 1 amide bonds. The highest BCUT2D eigenvalue weighted by molar-refractivity contribution is 9.10. The van der Waals surface area contributed by atoms with Crippen molar-refractivity contribution in [2.75, 3.05) is 5.32 Å². The van der Waals surface area contributed by atoms with Gasteiger partial charge in [0.15, 0.2) is 0 Å². The molecule has 0 spiro atoms. The monoisotopic (exact) mass is 375 g/mol. The largest absolute Gasteiger partial charge is 0.321 e. The number of carbonyl (C=O) groups excluding carboxylic acids is 1. The summed E-state index contributed by atoms with van der Waals surface area (Å²) in [5.74, 6) is -0.316. The summed E-state index contributed by atoms with van der Waals surface area (Å²) in [5, 5.41) is 3.65. The van der Waals surface area contributed by atoms with Crippen molar-refractivity contribution in [3.05, 3.63) is 56.5 Å². The number of amides is 1. The molecule has 6 heteroatoms. The molecule has 0 saturated carbocycles. The standard InChI is InChI=1S/C13H8BrCl2NOS/c14-10-3-1-7(15)5-12(10)17-13(18)9-6-8(19)2-4-11(9)16/h1-6,19H,(H,17,18). The molecule has 2 rings (SSSR count). The fraction of sp³-hybridized carbons (Fsp3) is 0. The maximum Gasteiger partial charge on any atom is 0.257 e. The van der Waals surface area contributed by atoms with E-state index in [-0.39, 0.29) is 5.91 Å².